The quantitative estimate of drug-likeness (QED) is 0.393. The maximum Gasteiger partial charge on any atom is 0.692 e. The van der Waals surface area contributed by atoms with Crippen LogP contribution < -0.4 is 11.1 Å². The molecule has 0 saturated carbocycles. The average Bonchev–Trinajstić information content (AvgIpc) is 2.57. The summed E-state index contributed by atoms with van der Waals surface area (Å²) in [6, 6.07) is 12.5. The summed E-state index contributed by atoms with van der Waals surface area (Å²) in [6.07, 6.45) is 0. The highest BCUT2D eigenvalue weighted by Gasteiger charge is 2.10. The summed E-state index contributed by atoms with van der Waals surface area (Å²) in [4.78, 5) is 44.1. The average molecular weight is 394 g/mol. The molecule has 0 saturated heterocycles. The molecule has 27 heavy (non-hydrogen) atoms. The fourth-order valence-electron chi connectivity index (χ4n) is 2.63. The Kier molecular flexibility index (Phi) is 7.09. The van der Waals surface area contributed by atoms with Gasteiger partial charge in [-0.05, 0) is 30.3 Å². The Balaban J connectivity index is 0.000000596. The van der Waals surface area contributed by atoms with Crippen LogP contribution in [-0.4, -0.2) is 31.7 Å². The first-order valence-electron chi connectivity index (χ1n) is 7.78. The predicted octanol–water partition coefficient (Wildman–Crippen LogP) is 1.62. The first kappa shape index (κ1) is 20.6. The number of hydrogen-bond donors (Lipinski definition) is 4. The van der Waals surface area contributed by atoms with Crippen molar-refractivity contribution in [1.82, 2.24) is 14.9 Å². The molecule has 0 aliphatic heterocycles. The third-order valence-electron chi connectivity index (χ3n) is 3.61. The minimum absolute atomic E-state index is 0.290. The largest absolute Gasteiger partial charge is 0.692 e. The summed E-state index contributed by atoms with van der Waals surface area (Å²) in [6.45, 7) is 1.12. The molecule has 1 aromatic heterocycles. The fourth-order valence-corrected chi connectivity index (χ4v) is 2.63. The molecule has 2 aromatic carbocycles. The molecule has 142 valence electrons. The van der Waals surface area contributed by atoms with Crippen LogP contribution in [0.2, 0.25) is 0 Å². The lowest BCUT2D eigenvalue weighted by Crippen LogP contribution is -2.29. The predicted molar refractivity (Wildman–Crippen MR) is 98.8 cm³/mol. The van der Waals surface area contributed by atoms with Crippen LogP contribution >= 0.6 is 8.25 Å². The van der Waals surface area contributed by atoms with Crippen molar-refractivity contribution < 1.29 is 18.7 Å². The smallest absolute Gasteiger partial charge is 0.316 e. The third kappa shape index (κ3) is 6.19. The van der Waals surface area contributed by atoms with E-state index in [2.05, 4.69) is 9.97 Å². The Hall–Kier alpha value is -2.71. The first-order chi connectivity index (χ1) is 12.8. The van der Waals surface area contributed by atoms with E-state index in [1.807, 2.05) is 42.3 Å². The standard InChI is InChI=1S/C17H16FN3O2.HO3P/c1-21(9-11-5-3-2-4-6-11)10-12-7-13(18)8-14-15(12)20-17(23)16(22)19-14;1-4(2)3/h2-8H,9-10H2,1H3,(H,19,22)(H,20,23);(H-,1,2,3)/p+1. The number of aromatic amines is 2. The van der Waals surface area contributed by atoms with Crippen molar-refractivity contribution in [2.75, 3.05) is 7.05 Å². The summed E-state index contributed by atoms with van der Waals surface area (Å²) in [7, 11) is -0.960. The van der Waals surface area contributed by atoms with Gasteiger partial charge in [-0.25, -0.2) is 4.39 Å². The van der Waals surface area contributed by atoms with Crippen molar-refractivity contribution in [2.45, 2.75) is 13.1 Å². The van der Waals surface area contributed by atoms with Crippen molar-refractivity contribution in [2.24, 2.45) is 0 Å². The van der Waals surface area contributed by atoms with Gasteiger partial charge in [0.05, 0.1) is 11.0 Å². The van der Waals surface area contributed by atoms with E-state index in [1.54, 1.807) is 0 Å². The van der Waals surface area contributed by atoms with Gasteiger partial charge >= 0.3 is 19.4 Å². The van der Waals surface area contributed by atoms with Crippen LogP contribution in [-0.2, 0) is 17.7 Å². The number of rotatable bonds is 4. The molecule has 0 aliphatic rings. The molecule has 0 spiro atoms. The van der Waals surface area contributed by atoms with E-state index in [0.717, 1.165) is 5.56 Å². The number of H-pyrrole nitrogens is 2. The Bertz CT molecular complexity index is 1050. The molecule has 1 heterocycles. The van der Waals surface area contributed by atoms with Crippen LogP contribution in [0.15, 0.2) is 52.1 Å². The highest BCUT2D eigenvalue weighted by molar-refractivity contribution is 7.30. The van der Waals surface area contributed by atoms with E-state index in [-0.39, 0.29) is 5.52 Å². The number of benzene rings is 2. The number of nitrogens with one attached hydrogen (secondary N) is 2. The van der Waals surface area contributed by atoms with Gasteiger partial charge in [0.25, 0.3) is 0 Å². The maximum atomic E-state index is 13.8. The van der Waals surface area contributed by atoms with Crippen LogP contribution in [0.4, 0.5) is 4.39 Å². The molecule has 0 atom stereocenters. The lowest BCUT2D eigenvalue weighted by Gasteiger charge is -2.18. The van der Waals surface area contributed by atoms with Gasteiger partial charge in [-0.2, -0.15) is 0 Å². The maximum absolute atomic E-state index is 13.8. The van der Waals surface area contributed by atoms with Crippen molar-refractivity contribution >= 4 is 19.3 Å². The number of fused-ring (bicyclic) bond motifs is 1. The highest BCUT2D eigenvalue weighted by Crippen LogP contribution is 2.17. The molecule has 0 aliphatic carbocycles. The Labute approximate surface area is 153 Å². The fraction of sp³-hybridized carbons (Fsp3) is 0.176. The summed E-state index contributed by atoms with van der Waals surface area (Å²) in [5.74, 6) is -0.455. The first-order valence-corrected chi connectivity index (χ1v) is 8.95. The van der Waals surface area contributed by atoms with Crippen molar-refractivity contribution in [3.63, 3.8) is 0 Å². The zero-order valence-corrected chi connectivity index (χ0v) is 15.2. The van der Waals surface area contributed by atoms with E-state index in [1.165, 1.54) is 12.1 Å². The molecule has 0 fully saturated rings. The van der Waals surface area contributed by atoms with E-state index >= 15 is 0 Å². The number of halogens is 1. The molecule has 0 radical (unpaired) electrons. The van der Waals surface area contributed by atoms with Gasteiger partial charge in [0, 0.05) is 17.7 Å². The second kappa shape index (κ2) is 9.29. The minimum Gasteiger partial charge on any atom is -0.316 e. The Morgan fingerprint density at radius 3 is 2.26 bits per heavy atom. The molecule has 8 nitrogen and oxygen atoms in total. The van der Waals surface area contributed by atoms with Crippen LogP contribution in [0.5, 0.6) is 0 Å². The molecule has 0 unspecified atom stereocenters. The molecular formula is C17H18FN3O5P+. The molecular weight excluding hydrogens is 376 g/mol. The van der Waals surface area contributed by atoms with Crippen LogP contribution in [0.25, 0.3) is 11.0 Å². The van der Waals surface area contributed by atoms with Crippen LogP contribution in [0.1, 0.15) is 11.1 Å². The van der Waals surface area contributed by atoms with E-state index in [0.29, 0.717) is 24.2 Å². The molecule has 10 heteroatoms. The van der Waals surface area contributed by atoms with Crippen LogP contribution in [0, 0.1) is 5.82 Å². The minimum atomic E-state index is -2.87. The van der Waals surface area contributed by atoms with Crippen LogP contribution in [0.3, 0.4) is 0 Å². The summed E-state index contributed by atoms with van der Waals surface area (Å²) < 4.78 is 22.5. The van der Waals surface area contributed by atoms with Gasteiger partial charge in [0.1, 0.15) is 5.82 Å². The van der Waals surface area contributed by atoms with E-state index in [9.17, 15) is 14.0 Å². The van der Waals surface area contributed by atoms with E-state index in [4.69, 9.17) is 14.4 Å². The second-order valence-electron chi connectivity index (χ2n) is 5.81. The molecule has 3 rings (SSSR count). The molecule has 0 amide bonds. The van der Waals surface area contributed by atoms with Gasteiger partial charge in [-0.3, -0.25) is 14.5 Å². The van der Waals surface area contributed by atoms with Crippen molar-refractivity contribution in [1.29, 1.82) is 0 Å². The van der Waals surface area contributed by atoms with E-state index < -0.39 is 25.2 Å². The van der Waals surface area contributed by atoms with Gasteiger partial charge < -0.3 is 9.97 Å². The zero-order valence-electron chi connectivity index (χ0n) is 14.3. The Morgan fingerprint density at radius 2 is 1.63 bits per heavy atom. The number of nitrogens with zero attached hydrogens (tertiary/aromatic N) is 1. The zero-order chi connectivity index (χ0) is 20.0. The highest BCUT2D eigenvalue weighted by atomic mass is 31.1. The lowest BCUT2D eigenvalue weighted by molar-refractivity contribution is 0.319. The normalized spacial score (nSPS) is 10.6. The van der Waals surface area contributed by atoms with Gasteiger partial charge in [-0.1, -0.05) is 30.3 Å². The SMILES string of the molecule is CN(Cc1ccccc1)Cc1cc(F)cc2[nH]c(=O)c(=O)[nH]c12.O=[P+](O)O. The summed E-state index contributed by atoms with van der Waals surface area (Å²) in [5.41, 5.74) is 0.973. The molecule has 3 aromatic rings. The number of aromatic nitrogens is 2. The lowest BCUT2D eigenvalue weighted by atomic mass is 10.1. The monoisotopic (exact) mass is 394 g/mol. The second-order valence-corrected chi connectivity index (χ2v) is 6.31. The summed E-state index contributed by atoms with van der Waals surface area (Å²) in [5, 5.41) is 0. The number of hydrogen-bond acceptors (Lipinski definition) is 4. The van der Waals surface area contributed by atoms with Gasteiger partial charge in [-0.15, -0.1) is 9.79 Å². The van der Waals surface area contributed by atoms with Gasteiger partial charge in [0.15, 0.2) is 0 Å². The Morgan fingerprint density at radius 1 is 1.04 bits per heavy atom. The molecule has 0 bridgehead atoms. The van der Waals surface area contributed by atoms with Gasteiger partial charge in [0.2, 0.25) is 0 Å². The van der Waals surface area contributed by atoms with Crippen molar-refractivity contribution in [3.05, 3.63) is 80.1 Å². The molecule has 4 N–H and O–H groups in total. The van der Waals surface area contributed by atoms with Crippen molar-refractivity contribution in [3.8, 4) is 0 Å². The third-order valence-corrected chi connectivity index (χ3v) is 3.61. The topological polar surface area (TPSA) is 126 Å². The summed E-state index contributed by atoms with van der Waals surface area (Å²) >= 11 is 0.